The molecule has 1 aliphatic heterocycles. The fourth-order valence-corrected chi connectivity index (χ4v) is 3.21. The number of rotatable bonds is 6. The van der Waals surface area contributed by atoms with Gasteiger partial charge in [0.05, 0.1) is 25.4 Å². The minimum Gasteiger partial charge on any atom is -0.394 e. The summed E-state index contributed by atoms with van der Waals surface area (Å²) in [5.74, 6) is 0.681. The summed E-state index contributed by atoms with van der Waals surface area (Å²) >= 11 is 0. The van der Waals surface area contributed by atoms with Crippen molar-refractivity contribution in [3.05, 3.63) is 42.2 Å². The van der Waals surface area contributed by atoms with Crippen molar-refractivity contribution in [2.75, 3.05) is 31.7 Å². The maximum Gasteiger partial charge on any atom is 0.220 e. The van der Waals surface area contributed by atoms with Crippen molar-refractivity contribution in [2.45, 2.75) is 25.0 Å². The van der Waals surface area contributed by atoms with Gasteiger partial charge in [-0.3, -0.25) is 4.90 Å². The van der Waals surface area contributed by atoms with Gasteiger partial charge >= 0.3 is 0 Å². The Balaban J connectivity index is 1.80. The van der Waals surface area contributed by atoms with Gasteiger partial charge in [0.25, 0.3) is 0 Å². The number of hydrogen-bond donors (Lipinski definition) is 2. The van der Waals surface area contributed by atoms with Gasteiger partial charge in [-0.25, -0.2) is 4.68 Å². The molecule has 0 radical (unpaired) electrons. The lowest BCUT2D eigenvalue weighted by Gasteiger charge is -2.49. The zero-order valence-corrected chi connectivity index (χ0v) is 14.2. The topological polar surface area (TPSA) is 75.4 Å². The molecule has 1 fully saturated rings. The van der Waals surface area contributed by atoms with Crippen LogP contribution < -0.4 is 5.32 Å². The Labute approximate surface area is 142 Å². The summed E-state index contributed by atoms with van der Waals surface area (Å²) in [5, 5.41) is 17.6. The largest absolute Gasteiger partial charge is 0.394 e. The second-order valence-corrected chi connectivity index (χ2v) is 6.42. The van der Waals surface area contributed by atoms with E-state index in [9.17, 15) is 5.11 Å². The number of anilines is 1. The molecule has 0 aliphatic carbocycles. The Bertz CT molecular complexity index is 647. The Morgan fingerprint density at radius 3 is 2.83 bits per heavy atom. The molecule has 1 aromatic carbocycles. The van der Waals surface area contributed by atoms with Crippen LogP contribution in [0.1, 0.15) is 12.5 Å². The Kier molecular flexibility index (Phi) is 5.13. The molecular formula is C17H25N5O2. The maximum atomic E-state index is 10.2. The molecule has 0 amide bonds. The van der Waals surface area contributed by atoms with Gasteiger partial charge in [0, 0.05) is 26.2 Å². The molecule has 1 aliphatic rings. The number of hydrogen-bond acceptors (Lipinski definition) is 6. The average Bonchev–Trinajstić information content (AvgIpc) is 3.02. The first-order valence-electron chi connectivity index (χ1n) is 8.22. The van der Waals surface area contributed by atoms with E-state index in [-0.39, 0.29) is 12.6 Å². The van der Waals surface area contributed by atoms with E-state index in [4.69, 9.17) is 4.74 Å². The number of ether oxygens (including phenoxy) is 1. The standard InChI is InChI=1S/C17H25N5O2/c1-14-9-24-12-17(11-23,10-18-16-19-13-20-21(16)2)22(14)8-15-6-4-3-5-7-15/h3-7,13-14,23H,8-12H2,1-2H3,(H,18,19,20)/t14-,17+/m1/s1. The second-order valence-electron chi connectivity index (χ2n) is 6.42. The summed E-state index contributed by atoms with van der Waals surface area (Å²) in [7, 11) is 1.84. The van der Waals surface area contributed by atoms with E-state index >= 15 is 0 Å². The van der Waals surface area contributed by atoms with Crippen LogP contribution in [0.15, 0.2) is 36.7 Å². The lowest BCUT2D eigenvalue weighted by molar-refractivity contribution is -0.117. The molecule has 7 heteroatoms. The summed E-state index contributed by atoms with van der Waals surface area (Å²) in [6, 6.07) is 10.5. The molecule has 2 N–H and O–H groups in total. The molecule has 1 saturated heterocycles. The highest BCUT2D eigenvalue weighted by Gasteiger charge is 2.42. The highest BCUT2D eigenvalue weighted by molar-refractivity contribution is 5.25. The van der Waals surface area contributed by atoms with Crippen LogP contribution in [-0.4, -0.2) is 62.7 Å². The van der Waals surface area contributed by atoms with Gasteiger partial charge in [0.15, 0.2) is 0 Å². The lowest BCUT2D eigenvalue weighted by Crippen LogP contribution is -2.65. The number of aliphatic hydroxyl groups excluding tert-OH is 1. The van der Waals surface area contributed by atoms with Gasteiger partial charge in [-0.05, 0) is 12.5 Å². The normalized spacial score (nSPS) is 24.9. The molecule has 0 unspecified atom stereocenters. The Morgan fingerprint density at radius 2 is 2.17 bits per heavy atom. The number of benzene rings is 1. The van der Waals surface area contributed by atoms with Crippen molar-refractivity contribution < 1.29 is 9.84 Å². The van der Waals surface area contributed by atoms with E-state index in [2.05, 4.69) is 39.4 Å². The minimum atomic E-state index is -0.501. The molecule has 2 aromatic rings. The third kappa shape index (κ3) is 3.43. The van der Waals surface area contributed by atoms with Gasteiger partial charge < -0.3 is 15.2 Å². The first kappa shape index (κ1) is 16.9. The van der Waals surface area contributed by atoms with Gasteiger partial charge in [0.2, 0.25) is 5.95 Å². The van der Waals surface area contributed by atoms with E-state index < -0.39 is 5.54 Å². The third-order valence-electron chi connectivity index (χ3n) is 4.65. The number of nitrogens with zero attached hydrogens (tertiary/aromatic N) is 4. The molecule has 0 saturated carbocycles. The maximum absolute atomic E-state index is 10.2. The highest BCUT2D eigenvalue weighted by Crippen LogP contribution is 2.27. The van der Waals surface area contributed by atoms with Crippen molar-refractivity contribution in [1.29, 1.82) is 0 Å². The molecule has 0 spiro atoms. The van der Waals surface area contributed by atoms with Crippen LogP contribution in [0.4, 0.5) is 5.95 Å². The van der Waals surface area contributed by atoms with Crippen LogP contribution in [-0.2, 0) is 18.3 Å². The predicted molar refractivity (Wildman–Crippen MR) is 91.6 cm³/mol. The zero-order chi connectivity index (χ0) is 17.0. The van der Waals surface area contributed by atoms with Gasteiger partial charge in [0.1, 0.15) is 6.33 Å². The highest BCUT2D eigenvalue weighted by atomic mass is 16.5. The van der Waals surface area contributed by atoms with E-state index in [0.29, 0.717) is 25.7 Å². The van der Waals surface area contributed by atoms with E-state index in [1.54, 1.807) is 4.68 Å². The van der Waals surface area contributed by atoms with Gasteiger partial charge in [-0.2, -0.15) is 10.1 Å². The number of nitrogens with one attached hydrogen (secondary N) is 1. The van der Waals surface area contributed by atoms with Gasteiger partial charge in [-0.15, -0.1) is 0 Å². The van der Waals surface area contributed by atoms with Crippen LogP contribution in [0.3, 0.4) is 0 Å². The van der Waals surface area contributed by atoms with Crippen molar-refractivity contribution in [3.63, 3.8) is 0 Å². The number of aliphatic hydroxyl groups is 1. The van der Waals surface area contributed by atoms with Crippen molar-refractivity contribution in [1.82, 2.24) is 19.7 Å². The summed E-state index contributed by atoms with van der Waals surface area (Å²) in [5.41, 5.74) is 0.724. The fraction of sp³-hybridized carbons (Fsp3) is 0.529. The quantitative estimate of drug-likeness (QED) is 0.818. The average molecular weight is 331 g/mol. The summed E-state index contributed by atoms with van der Waals surface area (Å²) in [6.45, 7) is 4.59. The van der Waals surface area contributed by atoms with Crippen LogP contribution in [0.5, 0.6) is 0 Å². The van der Waals surface area contributed by atoms with E-state index in [0.717, 1.165) is 6.54 Å². The fourth-order valence-electron chi connectivity index (χ4n) is 3.21. The molecular weight excluding hydrogens is 306 g/mol. The Morgan fingerprint density at radius 1 is 1.38 bits per heavy atom. The van der Waals surface area contributed by atoms with E-state index in [1.165, 1.54) is 11.9 Å². The number of aryl methyl sites for hydroxylation is 1. The second kappa shape index (κ2) is 7.29. The molecule has 2 heterocycles. The molecule has 130 valence electrons. The molecule has 2 atom stereocenters. The zero-order valence-electron chi connectivity index (χ0n) is 14.2. The smallest absolute Gasteiger partial charge is 0.220 e. The lowest BCUT2D eigenvalue weighted by atomic mass is 9.94. The summed E-state index contributed by atoms with van der Waals surface area (Å²) < 4.78 is 7.45. The monoisotopic (exact) mass is 331 g/mol. The molecule has 3 rings (SSSR count). The molecule has 1 aromatic heterocycles. The number of morpholine rings is 1. The van der Waals surface area contributed by atoms with Crippen LogP contribution in [0.25, 0.3) is 0 Å². The summed E-state index contributed by atoms with van der Waals surface area (Å²) in [4.78, 5) is 6.52. The molecule has 24 heavy (non-hydrogen) atoms. The predicted octanol–water partition coefficient (Wildman–Crippen LogP) is 0.879. The molecule has 7 nitrogen and oxygen atoms in total. The third-order valence-corrected chi connectivity index (χ3v) is 4.65. The van der Waals surface area contributed by atoms with Crippen LogP contribution in [0.2, 0.25) is 0 Å². The Hall–Kier alpha value is -1.96. The van der Waals surface area contributed by atoms with Crippen molar-refractivity contribution in [3.8, 4) is 0 Å². The van der Waals surface area contributed by atoms with Crippen molar-refractivity contribution in [2.24, 2.45) is 7.05 Å². The van der Waals surface area contributed by atoms with E-state index in [1.807, 2.05) is 25.2 Å². The first-order chi connectivity index (χ1) is 11.6. The van der Waals surface area contributed by atoms with Crippen molar-refractivity contribution >= 4 is 5.95 Å². The summed E-state index contributed by atoms with van der Waals surface area (Å²) in [6.07, 6.45) is 1.51. The minimum absolute atomic E-state index is 0.00895. The first-order valence-corrected chi connectivity index (χ1v) is 8.22. The SMILES string of the molecule is C[C@@H]1COC[C@@](CO)(CNc2ncnn2C)N1Cc1ccccc1. The van der Waals surface area contributed by atoms with Crippen LogP contribution >= 0.6 is 0 Å². The molecule has 0 bridgehead atoms. The van der Waals surface area contributed by atoms with Gasteiger partial charge in [-0.1, -0.05) is 30.3 Å². The number of aromatic nitrogens is 3. The van der Waals surface area contributed by atoms with Crippen LogP contribution in [0, 0.1) is 0 Å².